The molecule has 2 aromatic heterocycles. The maximum atomic E-state index is 4.31. The average Bonchev–Trinajstić information content (AvgIpc) is 2.46. The Morgan fingerprint density at radius 1 is 0.889 bits per heavy atom. The Hall–Kier alpha value is -2.49. The largest absolute Gasteiger partial charge is 0.364 e. The van der Waals surface area contributed by atoms with Gasteiger partial charge in [0.05, 0.1) is 5.52 Å². The molecule has 0 saturated heterocycles. The van der Waals surface area contributed by atoms with Gasteiger partial charge in [0, 0.05) is 12.7 Å². The zero-order valence-electron chi connectivity index (χ0n) is 9.74. The molecule has 3 aromatic rings. The first-order chi connectivity index (χ1) is 8.93. The van der Waals surface area contributed by atoms with Gasteiger partial charge < -0.3 is 5.32 Å². The number of nitrogens with one attached hydrogen (secondary N) is 1. The maximum Gasteiger partial charge on any atom is 0.156 e. The fraction of sp³-hybridized carbons (Fsp3) is 0.0714. The van der Waals surface area contributed by atoms with Crippen LogP contribution in [-0.2, 0) is 6.54 Å². The van der Waals surface area contributed by atoms with Crippen LogP contribution in [0.2, 0.25) is 0 Å². The molecule has 1 aromatic carbocycles. The molecule has 3 rings (SSSR count). The number of benzene rings is 1. The van der Waals surface area contributed by atoms with Crippen LogP contribution in [0.3, 0.4) is 0 Å². The van der Waals surface area contributed by atoms with Gasteiger partial charge in [0.2, 0.25) is 0 Å². The Labute approximate surface area is 105 Å². The summed E-state index contributed by atoms with van der Waals surface area (Å²) < 4.78 is 0. The summed E-state index contributed by atoms with van der Waals surface area (Å²) in [4.78, 5) is 12.7. The molecule has 88 valence electrons. The third kappa shape index (κ3) is 2.13. The lowest BCUT2D eigenvalue weighted by Crippen LogP contribution is -2.03. The van der Waals surface area contributed by atoms with Crippen LogP contribution in [0.1, 0.15) is 5.56 Å². The van der Waals surface area contributed by atoms with Gasteiger partial charge in [-0.15, -0.1) is 0 Å². The molecule has 0 saturated carbocycles. The lowest BCUT2D eigenvalue weighted by molar-refractivity contribution is 1.09. The fourth-order valence-corrected chi connectivity index (χ4v) is 1.80. The van der Waals surface area contributed by atoms with E-state index in [1.54, 1.807) is 12.5 Å². The third-order valence-corrected chi connectivity index (χ3v) is 2.70. The summed E-state index contributed by atoms with van der Waals surface area (Å²) in [5, 5.41) is 3.29. The highest BCUT2D eigenvalue weighted by atomic mass is 15.0. The van der Waals surface area contributed by atoms with Crippen molar-refractivity contribution < 1.29 is 0 Å². The Morgan fingerprint density at radius 2 is 1.78 bits per heavy atom. The zero-order chi connectivity index (χ0) is 12.2. The molecule has 2 heterocycles. The number of fused-ring (bicyclic) bond motifs is 1. The second-order valence-electron chi connectivity index (χ2n) is 3.93. The zero-order valence-corrected chi connectivity index (χ0v) is 9.74. The Balaban J connectivity index is 1.87. The molecule has 4 heteroatoms. The van der Waals surface area contributed by atoms with Crippen LogP contribution in [0.15, 0.2) is 55.0 Å². The first-order valence-corrected chi connectivity index (χ1v) is 5.77. The van der Waals surface area contributed by atoms with Crippen molar-refractivity contribution in [3.05, 3.63) is 60.6 Å². The van der Waals surface area contributed by atoms with Crippen molar-refractivity contribution in [2.75, 3.05) is 5.32 Å². The summed E-state index contributed by atoms with van der Waals surface area (Å²) in [5.41, 5.74) is 2.86. The molecule has 18 heavy (non-hydrogen) atoms. The van der Waals surface area contributed by atoms with Crippen molar-refractivity contribution in [1.82, 2.24) is 15.0 Å². The smallest absolute Gasteiger partial charge is 0.156 e. The summed E-state index contributed by atoms with van der Waals surface area (Å²) in [6.07, 6.45) is 3.30. The number of rotatable bonds is 3. The minimum Gasteiger partial charge on any atom is -0.364 e. The first kappa shape index (κ1) is 10.7. The fourth-order valence-electron chi connectivity index (χ4n) is 1.80. The van der Waals surface area contributed by atoms with E-state index in [1.165, 1.54) is 5.56 Å². The van der Waals surface area contributed by atoms with Gasteiger partial charge >= 0.3 is 0 Å². The van der Waals surface area contributed by atoms with E-state index in [2.05, 4.69) is 32.4 Å². The average molecular weight is 236 g/mol. The summed E-state index contributed by atoms with van der Waals surface area (Å²) in [6, 6.07) is 14.0. The van der Waals surface area contributed by atoms with Crippen molar-refractivity contribution in [2.45, 2.75) is 6.54 Å². The van der Waals surface area contributed by atoms with E-state index in [4.69, 9.17) is 0 Å². The number of hydrogen-bond donors (Lipinski definition) is 1. The summed E-state index contributed by atoms with van der Waals surface area (Å²) in [6.45, 7) is 0.726. The monoisotopic (exact) mass is 236 g/mol. The van der Waals surface area contributed by atoms with Gasteiger partial charge in [-0.05, 0) is 17.7 Å². The maximum absolute atomic E-state index is 4.31. The number of nitrogens with zero attached hydrogens (tertiary/aromatic N) is 3. The molecule has 0 aliphatic carbocycles. The number of pyridine rings is 1. The van der Waals surface area contributed by atoms with Crippen molar-refractivity contribution >= 4 is 16.9 Å². The number of hydrogen-bond acceptors (Lipinski definition) is 4. The third-order valence-electron chi connectivity index (χ3n) is 2.70. The Bertz CT molecular complexity index is 647. The first-order valence-electron chi connectivity index (χ1n) is 5.77. The molecular formula is C14H12N4. The van der Waals surface area contributed by atoms with Crippen LogP contribution in [0.5, 0.6) is 0 Å². The quantitative estimate of drug-likeness (QED) is 0.759. The molecule has 0 bridgehead atoms. The van der Waals surface area contributed by atoms with E-state index in [9.17, 15) is 0 Å². The molecule has 0 fully saturated rings. The van der Waals surface area contributed by atoms with Gasteiger partial charge in [0.15, 0.2) is 5.82 Å². The Morgan fingerprint density at radius 3 is 2.67 bits per heavy atom. The normalized spacial score (nSPS) is 10.4. The SMILES string of the molecule is c1ccc(CNc2ncnc3cccnc23)cc1. The van der Waals surface area contributed by atoms with Crippen LogP contribution < -0.4 is 5.32 Å². The van der Waals surface area contributed by atoms with Crippen LogP contribution in [-0.4, -0.2) is 15.0 Å². The summed E-state index contributed by atoms with van der Waals surface area (Å²) >= 11 is 0. The molecule has 0 aliphatic rings. The van der Waals surface area contributed by atoms with Gasteiger partial charge in [-0.25, -0.2) is 9.97 Å². The van der Waals surface area contributed by atoms with E-state index < -0.39 is 0 Å². The summed E-state index contributed by atoms with van der Waals surface area (Å²) in [7, 11) is 0. The molecule has 4 nitrogen and oxygen atoms in total. The molecule has 0 amide bonds. The van der Waals surface area contributed by atoms with Crippen LogP contribution in [0, 0.1) is 0 Å². The lowest BCUT2D eigenvalue weighted by Gasteiger charge is -2.07. The van der Waals surface area contributed by atoms with Crippen molar-refractivity contribution in [2.24, 2.45) is 0 Å². The van der Waals surface area contributed by atoms with E-state index in [0.717, 1.165) is 23.4 Å². The van der Waals surface area contributed by atoms with Crippen LogP contribution in [0.4, 0.5) is 5.82 Å². The van der Waals surface area contributed by atoms with Gasteiger partial charge in [-0.2, -0.15) is 0 Å². The summed E-state index contributed by atoms with van der Waals surface area (Å²) in [5.74, 6) is 0.768. The number of aromatic nitrogens is 3. The topological polar surface area (TPSA) is 50.7 Å². The second kappa shape index (κ2) is 4.79. The molecule has 0 atom stereocenters. The molecule has 0 unspecified atom stereocenters. The van der Waals surface area contributed by atoms with E-state index in [0.29, 0.717) is 0 Å². The molecular weight excluding hydrogens is 224 g/mol. The molecule has 1 N–H and O–H groups in total. The second-order valence-corrected chi connectivity index (χ2v) is 3.93. The van der Waals surface area contributed by atoms with Crippen LogP contribution in [0.25, 0.3) is 11.0 Å². The van der Waals surface area contributed by atoms with Gasteiger partial charge in [-0.1, -0.05) is 30.3 Å². The van der Waals surface area contributed by atoms with Crippen LogP contribution >= 0.6 is 0 Å². The van der Waals surface area contributed by atoms with E-state index in [-0.39, 0.29) is 0 Å². The van der Waals surface area contributed by atoms with E-state index >= 15 is 0 Å². The minimum atomic E-state index is 0.726. The molecule has 0 aliphatic heterocycles. The minimum absolute atomic E-state index is 0.726. The van der Waals surface area contributed by atoms with Crippen molar-refractivity contribution in [3.8, 4) is 0 Å². The highest BCUT2D eigenvalue weighted by Crippen LogP contribution is 2.16. The van der Waals surface area contributed by atoms with Crippen molar-refractivity contribution in [3.63, 3.8) is 0 Å². The van der Waals surface area contributed by atoms with Gasteiger partial charge in [0.1, 0.15) is 11.8 Å². The van der Waals surface area contributed by atoms with Gasteiger partial charge in [-0.3, -0.25) is 4.98 Å². The van der Waals surface area contributed by atoms with E-state index in [1.807, 2.05) is 30.3 Å². The van der Waals surface area contributed by atoms with Crippen molar-refractivity contribution in [1.29, 1.82) is 0 Å². The predicted molar refractivity (Wildman–Crippen MR) is 71.1 cm³/mol. The highest BCUT2D eigenvalue weighted by Gasteiger charge is 2.03. The molecule has 0 radical (unpaired) electrons. The predicted octanol–water partition coefficient (Wildman–Crippen LogP) is 2.64. The standard InChI is InChI=1S/C14H12N4/c1-2-5-11(6-3-1)9-16-14-13-12(17-10-18-14)7-4-8-15-13/h1-8,10H,9H2,(H,16,17,18). The Kier molecular flexibility index (Phi) is 2.84. The van der Waals surface area contributed by atoms with Gasteiger partial charge in [0.25, 0.3) is 0 Å². The number of anilines is 1. The molecule has 0 spiro atoms. The lowest BCUT2D eigenvalue weighted by atomic mass is 10.2. The highest BCUT2D eigenvalue weighted by molar-refractivity contribution is 5.84.